The maximum Gasteiger partial charge on any atom is 0.234 e. The van der Waals surface area contributed by atoms with Crippen LogP contribution in [-0.2, 0) is 11.3 Å². The fourth-order valence-electron chi connectivity index (χ4n) is 3.02. The van der Waals surface area contributed by atoms with Gasteiger partial charge in [0.2, 0.25) is 5.91 Å². The van der Waals surface area contributed by atoms with Crippen molar-refractivity contribution in [1.82, 2.24) is 10.2 Å². The lowest BCUT2D eigenvalue weighted by Crippen LogP contribution is -2.43. The van der Waals surface area contributed by atoms with Crippen LogP contribution in [0.4, 0.5) is 0 Å². The fraction of sp³-hybridized carbons (Fsp3) is 0.450. The number of hydrogen-bond donors (Lipinski definition) is 1. The second-order valence-corrected chi connectivity index (χ2v) is 6.70. The minimum atomic E-state index is 0.0323. The number of carbonyl (C=O) groups is 1. The monoisotopic (exact) mass is 342 g/mol. The molecule has 1 aromatic heterocycles. The lowest BCUT2D eigenvalue weighted by molar-refractivity contribution is -0.123. The molecule has 5 heteroatoms. The van der Waals surface area contributed by atoms with Gasteiger partial charge in [-0.15, -0.1) is 0 Å². The molecule has 0 unspecified atom stereocenters. The summed E-state index contributed by atoms with van der Waals surface area (Å²) in [5.74, 6) is 1.75. The predicted octanol–water partition coefficient (Wildman–Crippen LogP) is 3.06. The van der Waals surface area contributed by atoms with E-state index in [1.807, 2.05) is 18.2 Å². The van der Waals surface area contributed by atoms with Crippen LogP contribution >= 0.6 is 0 Å². The van der Waals surface area contributed by atoms with Gasteiger partial charge >= 0.3 is 0 Å². The average Bonchev–Trinajstić information content (AvgIpc) is 3.12. The van der Waals surface area contributed by atoms with E-state index in [0.29, 0.717) is 13.1 Å². The summed E-state index contributed by atoms with van der Waals surface area (Å²) >= 11 is 0. The van der Waals surface area contributed by atoms with Gasteiger partial charge in [-0.3, -0.25) is 9.69 Å². The lowest BCUT2D eigenvalue weighted by atomic mass is 10.1. The third-order valence-corrected chi connectivity index (χ3v) is 4.72. The molecule has 1 saturated heterocycles. The zero-order valence-electron chi connectivity index (χ0n) is 15.0. The van der Waals surface area contributed by atoms with Gasteiger partial charge in [0.25, 0.3) is 0 Å². The fourth-order valence-corrected chi connectivity index (χ4v) is 3.02. The highest BCUT2D eigenvalue weighted by Crippen LogP contribution is 2.21. The minimum absolute atomic E-state index is 0.0323. The quantitative estimate of drug-likeness (QED) is 0.877. The van der Waals surface area contributed by atoms with Gasteiger partial charge in [-0.1, -0.05) is 6.07 Å². The van der Waals surface area contributed by atoms with E-state index < -0.39 is 0 Å². The number of furan rings is 1. The van der Waals surface area contributed by atoms with Crippen molar-refractivity contribution < 1.29 is 13.9 Å². The number of benzene rings is 1. The number of piperidine rings is 1. The molecule has 1 N–H and O–H groups in total. The number of likely N-dealkylation sites (tertiary alicyclic amines) is 1. The van der Waals surface area contributed by atoms with Crippen LogP contribution < -0.4 is 10.1 Å². The molecular formula is C20H26N2O3. The largest absolute Gasteiger partial charge is 0.490 e. The molecule has 1 aliphatic heterocycles. The Morgan fingerprint density at radius 1 is 1.24 bits per heavy atom. The summed E-state index contributed by atoms with van der Waals surface area (Å²) in [7, 11) is 0. The molecule has 25 heavy (non-hydrogen) atoms. The average molecular weight is 342 g/mol. The van der Waals surface area contributed by atoms with Crippen molar-refractivity contribution in [3.05, 3.63) is 53.5 Å². The number of nitrogens with zero attached hydrogens (tertiary/aromatic N) is 1. The first-order valence-corrected chi connectivity index (χ1v) is 8.85. The molecule has 1 aliphatic rings. The third kappa shape index (κ3) is 5.10. The Hall–Kier alpha value is -2.27. The van der Waals surface area contributed by atoms with E-state index in [-0.39, 0.29) is 12.0 Å². The molecule has 2 heterocycles. The number of nitrogens with one attached hydrogen (secondary N) is 1. The predicted molar refractivity (Wildman–Crippen MR) is 96.6 cm³/mol. The van der Waals surface area contributed by atoms with Crippen molar-refractivity contribution in [2.75, 3.05) is 19.6 Å². The summed E-state index contributed by atoms with van der Waals surface area (Å²) in [6, 6.07) is 9.92. The Bertz CT molecular complexity index is 689. The zero-order valence-corrected chi connectivity index (χ0v) is 15.0. The molecule has 1 aromatic carbocycles. The zero-order chi connectivity index (χ0) is 17.6. The standard InChI is InChI=1S/C20H26N2O3/c1-15-5-6-18(12-16(15)2)25-17-7-9-22(10-8-17)14-20(23)21-13-19-4-3-11-24-19/h3-6,11-12,17H,7-10,13-14H2,1-2H3,(H,21,23). The van der Waals surface area contributed by atoms with Gasteiger partial charge in [0.15, 0.2) is 0 Å². The van der Waals surface area contributed by atoms with Crippen molar-refractivity contribution in [3.8, 4) is 5.75 Å². The Balaban J connectivity index is 1.39. The summed E-state index contributed by atoms with van der Waals surface area (Å²) in [4.78, 5) is 14.2. The number of aryl methyl sites for hydroxylation is 2. The van der Waals surface area contributed by atoms with Gasteiger partial charge in [0.1, 0.15) is 17.6 Å². The molecule has 3 rings (SSSR count). The van der Waals surface area contributed by atoms with Gasteiger partial charge in [-0.25, -0.2) is 0 Å². The van der Waals surface area contributed by atoms with Crippen LogP contribution in [0.2, 0.25) is 0 Å². The number of ether oxygens (including phenoxy) is 1. The highest BCUT2D eigenvalue weighted by Gasteiger charge is 2.22. The molecule has 2 aromatic rings. The summed E-state index contributed by atoms with van der Waals surface area (Å²) in [5.41, 5.74) is 2.53. The van der Waals surface area contributed by atoms with Crippen molar-refractivity contribution in [2.45, 2.75) is 39.3 Å². The van der Waals surface area contributed by atoms with Gasteiger partial charge in [0.05, 0.1) is 19.4 Å². The molecule has 0 aliphatic carbocycles. The van der Waals surface area contributed by atoms with E-state index in [1.165, 1.54) is 11.1 Å². The molecular weight excluding hydrogens is 316 g/mol. The highest BCUT2D eigenvalue weighted by atomic mass is 16.5. The maximum absolute atomic E-state index is 12.0. The number of hydrogen-bond acceptors (Lipinski definition) is 4. The second kappa shape index (κ2) is 8.21. The molecule has 1 fully saturated rings. The van der Waals surface area contributed by atoms with E-state index in [1.54, 1.807) is 6.26 Å². The van der Waals surface area contributed by atoms with Crippen LogP contribution in [-0.4, -0.2) is 36.5 Å². The smallest absolute Gasteiger partial charge is 0.234 e. The SMILES string of the molecule is Cc1ccc(OC2CCN(CC(=O)NCc3ccco3)CC2)cc1C. The Kier molecular flexibility index (Phi) is 5.76. The third-order valence-electron chi connectivity index (χ3n) is 4.72. The Labute approximate surface area is 149 Å². The molecule has 134 valence electrons. The van der Waals surface area contributed by atoms with Crippen molar-refractivity contribution >= 4 is 5.91 Å². The summed E-state index contributed by atoms with van der Waals surface area (Å²) in [6.45, 7) is 6.84. The van der Waals surface area contributed by atoms with Gasteiger partial charge in [-0.2, -0.15) is 0 Å². The van der Waals surface area contributed by atoms with Crippen molar-refractivity contribution in [1.29, 1.82) is 0 Å². The van der Waals surface area contributed by atoms with Crippen molar-refractivity contribution in [2.24, 2.45) is 0 Å². The number of carbonyl (C=O) groups excluding carboxylic acids is 1. The summed E-state index contributed by atoms with van der Waals surface area (Å²) in [5, 5.41) is 2.89. The van der Waals surface area contributed by atoms with E-state index in [0.717, 1.165) is 37.4 Å². The highest BCUT2D eigenvalue weighted by molar-refractivity contribution is 5.77. The topological polar surface area (TPSA) is 54.7 Å². The molecule has 0 spiro atoms. The van der Waals surface area contributed by atoms with Crippen LogP contribution in [0.5, 0.6) is 5.75 Å². The number of rotatable bonds is 6. The second-order valence-electron chi connectivity index (χ2n) is 6.70. The van der Waals surface area contributed by atoms with Crippen LogP contribution in [0.1, 0.15) is 29.7 Å². The van der Waals surface area contributed by atoms with Gasteiger partial charge in [-0.05, 0) is 62.1 Å². The first-order valence-electron chi connectivity index (χ1n) is 8.85. The molecule has 5 nitrogen and oxygen atoms in total. The molecule has 0 radical (unpaired) electrons. The lowest BCUT2D eigenvalue weighted by Gasteiger charge is -2.31. The first kappa shape index (κ1) is 17.5. The normalized spacial score (nSPS) is 15.9. The van der Waals surface area contributed by atoms with E-state index in [4.69, 9.17) is 9.15 Å². The minimum Gasteiger partial charge on any atom is -0.490 e. The van der Waals surface area contributed by atoms with Crippen LogP contribution in [0.15, 0.2) is 41.0 Å². The van der Waals surface area contributed by atoms with E-state index in [9.17, 15) is 4.79 Å². The van der Waals surface area contributed by atoms with Crippen LogP contribution in [0, 0.1) is 13.8 Å². The molecule has 0 saturated carbocycles. The van der Waals surface area contributed by atoms with Gasteiger partial charge < -0.3 is 14.5 Å². The van der Waals surface area contributed by atoms with Crippen molar-refractivity contribution in [3.63, 3.8) is 0 Å². The van der Waals surface area contributed by atoms with E-state index >= 15 is 0 Å². The maximum atomic E-state index is 12.0. The summed E-state index contributed by atoms with van der Waals surface area (Å²) in [6.07, 6.45) is 3.73. The molecule has 0 bridgehead atoms. The summed E-state index contributed by atoms with van der Waals surface area (Å²) < 4.78 is 11.3. The Morgan fingerprint density at radius 2 is 2.04 bits per heavy atom. The van der Waals surface area contributed by atoms with Crippen LogP contribution in [0.25, 0.3) is 0 Å². The Morgan fingerprint density at radius 3 is 2.72 bits per heavy atom. The molecule has 0 atom stereocenters. The van der Waals surface area contributed by atoms with E-state index in [2.05, 4.69) is 36.2 Å². The van der Waals surface area contributed by atoms with Gasteiger partial charge in [0, 0.05) is 13.1 Å². The molecule has 1 amide bonds. The number of amides is 1. The first-order chi connectivity index (χ1) is 12.1. The van der Waals surface area contributed by atoms with Crippen LogP contribution in [0.3, 0.4) is 0 Å².